The SMILES string of the molecule is CCCCCCCCCCCCc1coc(N)n1. The second-order valence-electron chi connectivity index (χ2n) is 5.11. The van der Waals surface area contributed by atoms with Gasteiger partial charge in [-0.3, -0.25) is 0 Å². The van der Waals surface area contributed by atoms with Gasteiger partial charge in [0.25, 0.3) is 6.01 Å². The Hall–Kier alpha value is -0.990. The van der Waals surface area contributed by atoms with Gasteiger partial charge in [-0.25, -0.2) is 0 Å². The summed E-state index contributed by atoms with van der Waals surface area (Å²) < 4.78 is 4.97. The van der Waals surface area contributed by atoms with Crippen LogP contribution < -0.4 is 5.73 Å². The highest BCUT2D eigenvalue weighted by molar-refractivity contribution is 5.12. The zero-order chi connectivity index (χ0) is 13.1. The number of aromatic nitrogens is 1. The van der Waals surface area contributed by atoms with Crippen molar-refractivity contribution in [1.29, 1.82) is 0 Å². The number of unbranched alkanes of at least 4 members (excludes halogenated alkanes) is 9. The van der Waals surface area contributed by atoms with Crippen LogP contribution in [0, 0.1) is 0 Å². The van der Waals surface area contributed by atoms with Gasteiger partial charge in [0.2, 0.25) is 0 Å². The largest absolute Gasteiger partial charge is 0.432 e. The molecule has 0 saturated carbocycles. The van der Waals surface area contributed by atoms with Gasteiger partial charge in [-0.1, -0.05) is 64.7 Å². The second-order valence-corrected chi connectivity index (χ2v) is 5.11. The summed E-state index contributed by atoms with van der Waals surface area (Å²) in [5, 5.41) is 0. The van der Waals surface area contributed by atoms with Gasteiger partial charge in [0.1, 0.15) is 6.26 Å². The molecule has 0 aliphatic rings. The first kappa shape index (κ1) is 15.1. The molecule has 1 heterocycles. The molecule has 0 unspecified atom stereocenters. The molecule has 0 aromatic carbocycles. The second kappa shape index (κ2) is 9.98. The third-order valence-electron chi connectivity index (χ3n) is 3.36. The number of anilines is 1. The highest BCUT2D eigenvalue weighted by Crippen LogP contribution is 2.12. The first-order valence-electron chi connectivity index (χ1n) is 7.53. The lowest BCUT2D eigenvalue weighted by Crippen LogP contribution is -1.88. The van der Waals surface area contributed by atoms with Crippen LogP contribution in [0.4, 0.5) is 6.01 Å². The fraction of sp³-hybridized carbons (Fsp3) is 0.800. The van der Waals surface area contributed by atoms with Crippen molar-refractivity contribution in [2.75, 3.05) is 5.73 Å². The molecule has 0 bridgehead atoms. The zero-order valence-corrected chi connectivity index (χ0v) is 11.8. The lowest BCUT2D eigenvalue weighted by Gasteiger charge is -2.01. The summed E-state index contributed by atoms with van der Waals surface area (Å²) in [6.45, 7) is 2.27. The van der Waals surface area contributed by atoms with Crippen LogP contribution in [-0.2, 0) is 6.42 Å². The van der Waals surface area contributed by atoms with Crippen LogP contribution in [-0.4, -0.2) is 4.98 Å². The summed E-state index contributed by atoms with van der Waals surface area (Å²) in [4.78, 5) is 4.10. The van der Waals surface area contributed by atoms with Crippen LogP contribution in [0.25, 0.3) is 0 Å². The Morgan fingerprint density at radius 3 is 2.00 bits per heavy atom. The Morgan fingerprint density at radius 1 is 0.944 bits per heavy atom. The van der Waals surface area contributed by atoms with Crippen LogP contribution in [0.2, 0.25) is 0 Å². The van der Waals surface area contributed by atoms with E-state index in [2.05, 4.69) is 11.9 Å². The van der Waals surface area contributed by atoms with E-state index in [4.69, 9.17) is 10.2 Å². The van der Waals surface area contributed by atoms with Gasteiger partial charge < -0.3 is 10.2 Å². The molecular weight excluding hydrogens is 224 g/mol. The smallest absolute Gasteiger partial charge is 0.292 e. The molecule has 18 heavy (non-hydrogen) atoms. The molecule has 0 radical (unpaired) electrons. The Balaban J connectivity index is 1.81. The summed E-state index contributed by atoms with van der Waals surface area (Å²) >= 11 is 0. The quantitative estimate of drug-likeness (QED) is 0.580. The molecule has 0 aliphatic carbocycles. The van der Waals surface area contributed by atoms with Gasteiger partial charge in [0.05, 0.1) is 5.69 Å². The van der Waals surface area contributed by atoms with Crippen molar-refractivity contribution in [2.24, 2.45) is 0 Å². The number of aryl methyl sites for hydroxylation is 1. The lowest BCUT2D eigenvalue weighted by atomic mass is 10.1. The molecule has 1 aromatic rings. The molecule has 0 atom stereocenters. The fourth-order valence-electron chi connectivity index (χ4n) is 2.23. The van der Waals surface area contributed by atoms with Gasteiger partial charge in [-0.05, 0) is 12.8 Å². The van der Waals surface area contributed by atoms with Crippen LogP contribution in [0.3, 0.4) is 0 Å². The number of rotatable bonds is 11. The average molecular weight is 252 g/mol. The minimum Gasteiger partial charge on any atom is -0.432 e. The van der Waals surface area contributed by atoms with Gasteiger partial charge >= 0.3 is 0 Å². The number of nitrogens with two attached hydrogens (primary N) is 1. The van der Waals surface area contributed by atoms with E-state index in [9.17, 15) is 0 Å². The van der Waals surface area contributed by atoms with E-state index in [1.165, 1.54) is 64.2 Å². The number of hydrogen-bond acceptors (Lipinski definition) is 3. The summed E-state index contributed by atoms with van der Waals surface area (Å²) in [6.07, 6.45) is 16.3. The zero-order valence-electron chi connectivity index (χ0n) is 11.8. The molecule has 0 saturated heterocycles. The standard InChI is InChI=1S/C15H28N2O/c1-2-3-4-5-6-7-8-9-10-11-12-14-13-18-15(16)17-14/h13H,2-12H2,1H3,(H2,16,17). The van der Waals surface area contributed by atoms with Crippen molar-refractivity contribution in [3.8, 4) is 0 Å². The van der Waals surface area contributed by atoms with E-state index in [0.717, 1.165) is 12.1 Å². The summed E-state index contributed by atoms with van der Waals surface area (Å²) in [5.74, 6) is 0. The lowest BCUT2D eigenvalue weighted by molar-refractivity contribution is 0.553. The number of nitrogens with zero attached hydrogens (tertiary/aromatic N) is 1. The topological polar surface area (TPSA) is 52.0 Å². The Morgan fingerprint density at radius 2 is 1.50 bits per heavy atom. The Kier molecular flexibility index (Phi) is 8.36. The predicted octanol–water partition coefficient (Wildman–Crippen LogP) is 4.72. The van der Waals surface area contributed by atoms with Crippen LogP contribution >= 0.6 is 0 Å². The predicted molar refractivity (Wildman–Crippen MR) is 76.5 cm³/mol. The highest BCUT2D eigenvalue weighted by atomic mass is 16.4. The molecule has 0 amide bonds. The van der Waals surface area contributed by atoms with Gasteiger partial charge in [-0.15, -0.1) is 0 Å². The maximum Gasteiger partial charge on any atom is 0.292 e. The van der Waals surface area contributed by atoms with E-state index in [1.54, 1.807) is 6.26 Å². The highest BCUT2D eigenvalue weighted by Gasteiger charge is 1.99. The molecule has 2 N–H and O–H groups in total. The molecule has 3 nitrogen and oxygen atoms in total. The van der Waals surface area contributed by atoms with Crippen LogP contribution in [0.15, 0.2) is 10.7 Å². The van der Waals surface area contributed by atoms with Crippen LogP contribution in [0.5, 0.6) is 0 Å². The fourth-order valence-corrected chi connectivity index (χ4v) is 2.23. The normalized spacial score (nSPS) is 10.9. The first-order chi connectivity index (χ1) is 8.83. The maximum atomic E-state index is 5.42. The van der Waals surface area contributed by atoms with Crippen molar-refractivity contribution in [3.63, 3.8) is 0 Å². The van der Waals surface area contributed by atoms with E-state index in [0.29, 0.717) is 0 Å². The van der Waals surface area contributed by atoms with Gasteiger partial charge in [0.15, 0.2) is 0 Å². The number of oxazole rings is 1. The summed E-state index contributed by atoms with van der Waals surface area (Å²) in [7, 11) is 0. The van der Waals surface area contributed by atoms with Gasteiger partial charge in [0, 0.05) is 0 Å². The Bertz CT molecular complexity index is 296. The van der Waals surface area contributed by atoms with Crippen molar-refractivity contribution >= 4 is 6.01 Å². The van der Waals surface area contributed by atoms with E-state index in [-0.39, 0.29) is 6.01 Å². The van der Waals surface area contributed by atoms with Crippen molar-refractivity contribution in [3.05, 3.63) is 12.0 Å². The molecule has 0 fully saturated rings. The minimum absolute atomic E-state index is 0.289. The van der Waals surface area contributed by atoms with E-state index >= 15 is 0 Å². The van der Waals surface area contributed by atoms with Crippen molar-refractivity contribution in [2.45, 2.75) is 77.6 Å². The first-order valence-corrected chi connectivity index (χ1v) is 7.53. The summed E-state index contributed by atoms with van der Waals surface area (Å²) in [5.41, 5.74) is 6.41. The number of hydrogen-bond donors (Lipinski definition) is 1. The van der Waals surface area contributed by atoms with Gasteiger partial charge in [-0.2, -0.15) is 4.98 Å². The molecule has 1 rings (SSSR count). The maximum absolute atomic E-state index is 5.42. The van der Waals surface area contributed by atoms with E-state index < -0.39 is 0 Å². The third-order valence-corrected chi connectivity index (χ3v) is 3.36. The number of nitrogen functional groups attached to an aromatic ring is 1. The molecule has 3 heteroatoms. The van der Waals surface area contributed by atoms with E-state index in [1.807, 2.05) is 0 Å². The molecule has 0 aliphatic heterocycles. The average Bonchev–Trinajstić information content (AvgIpc) is 2.77. The van der Waals surface area contributed by atoms with Crippen molar-refractivity contribution in [1.82, 2.24) is 4.98 Å². The molecular formula is C15H28N2O. The molecule has 104 valence electrons. The minimum atomic E-state index is 0.289. The monoisotopic (exact) mass is 252 g/mol. The third kappa shape index (κ3) is 7.36. The van der Waals surface area contributed by atoms with Crippen molar-refractivity contribution < 1.29 is 4.42 Å². The summed E-state index contributed by atoms with van der Waals surface area (Å²) in [6, 6.07) is 0.289. The molecule has 0 spiro atoms. The van der Waals surface area contributed by atoms with Crippen LogP contribution in [0.1, 0.15) is 76.8 Å². The molecule has 1 aromatic heterocycles. The Labute approximate surface area is 111 Å².